The Kier molecular flexibility index (Phi) is 7.25. The lowest BCUT2D eigenvalue weighted by Gasteiger charge is -2.11. The lowest BCUT2D eigenvalue weighted by atomic mass is 10.1. The quantitative estimate of drug-likeness (QED) is 0.447. The largest absolute Gasteiger partial charge is 0.490 e. The summed E-state index contributed by atoms with van der Waals surface area (Å²) in [5.41, 5.74) is 3.25. The first kappa shape index (κ1) is 20.6. The fourth-order valence-corrected chi connectivity index (χ4v) is 2.50. The minimum absolute atomic E-state index is 0.0133. The summed E-state index contributed by atoms with van der Waals surface area (Å²) >= 11 is 0. The lowest BCUT2D eigenvalue weighted by Crippen LogP contribution is -2.14. The molecule has 0 spiro atoms. The second-order valence-electron chi connectivity index (χ2n) is 6.07. The number of carbonyl (C=O) groups excluding carboxylic acids is 1. The Morgan fingerprint density at radius 3 is 2.64 bits per heavy atom. The molecule has 0 aliphatic heterocycles. The van der Waals surface area contributed by atoms with Gasteiger partial charge in [0.05, 0.1) is 6.61 Å². The zero-order valence-electron chi connectivity index (χ0n) is 16.2. The maximum absolute atomic E-state index is 12.6. The van der Waals surface area contributed by atoms with Crippen molar-refractivity contribution in [2.75, 3.05) is 18.5 Å². The second kappa shape index (κ2) is 9.85. The van der Waals surface area contributed by atoms with Crippen LogP contribution in [0.5, 0.6) is 11.5 Å². The Hall–Kier alpha value is -3.70. The van der Waals surface area contributed by atoms with E-state index in [1.807, 2.05) is 45.0 Å². The minimum Gasteiger partial charge on any atom is -0.490 e. The van der Waals surface area contributed by atoms with E-state index >= 15 is 0 Å². The van der Waals surface area contributed by atoms with Crippen molar-refractivity contribution in [1.29, 1.82) is 5.26 Å². The third kappa shape index (κ3) is 5.40. The predicted octanol–water partition coefficient (Wildman–Crippen LogP) is 4.26. The van der Waals surface area contributed by atoms with Gasteiger partial charge >= 0.3 is 0 Å². The molecule has 2 rings (SSSR count). The van der Waals surface area contributed by atoms with Crippen molar-refractivity contribution in [3.05, 3.63) is 58.7 Å². The van der Waals surface area contributed by atoms with Crippen LogP contribution >= 0.6 is 0 Å². The van der Waals surface area contributed by atoms with Gasteiger partial charge in [-0.05, 0) is 61.7 Å². The van der Waals surface area contributed by atoms with E-state index in [-0.39, 0.29) is 12.2 Å². The Morgan fingerprint density at radius 2 is 1.96 bits per heavy atom. The number of terminal acetylenes is 1. The van der Waals surface area contributed by atoms with Crippen LogP contribution in [-0.4, -0.2) is 19.1 Å². The molecule has 0 atom stereocenters. The van der Waals surface area contributed by atoms with Gasteiger partial charge in [0.1, 0.15) is 18.2 Å². The van der Waals surface area contributed by atoms with E-state index in [2.05, 4.69) is 11.2 Å². The smallest absolute Gasteiger partial charge is 0.266 e. The van der Waals surface area contributed by atoms with Crippen molar-refractivity contribution in [3.8, 4) is 29.9 Å². The van der Waals surface area contributed by atoms with Crippen LogP contribution in [-0.2, 0) is 4.79 Å². The number of benzene rings is 2. The summed E-state index contributed by atoms with van der Waals surface area (Å²) < 4.78 is 11.0. The fourth-order valence-electron chi connectivity index (χ4n) is 2.50. The number of nitriles is 1. The summed E-state index contributed by atoms with van der Waals surface area (Å²) in [6.45, 7) is 6.25. The topological polar surface area (TPSA) is 71.3 Å². The standard InChI is InChI=1S/C23H22N2O3/c1-5-11-28-21-10-9-18(14-22(21)27-6-2)13-19(15-24)23(26)25-20-12-16(3)7-8-17(20)4/h1,7-10,12-14H,6,11H2,2-4H3,(H,25,26)/b19-13+. The van der Waals surface area contributed by atoms with E-state index in [1.165, 1.54) is 6.08 Å². The molecule has 28 heavy (non-hydrogen) atoms. The van der Waals surface area contributed by atoms with E-state index in [1.54, 1.807) is 18.2 Å². The van der Waals surface area contributed by atoms with Crippen molar-refractivity contribution in [2.45, 2.75) is 20.8 Å². The fraction of sp³-hybridized carbons (Fsp3) is 0.217. The van der Waals surface area contributed by atoms with Crippen molar-refractivity contribution in [1.82, 2.24) is 0 Å². The predicted molar refractivity (Wildman–Crippen MR) is 110 cm³/mol. The highest BCUT2D eigenvalue weighted by Gasteiger charge is 2.12. The maximum atomic E-state index is 12.6. The SMILES string of the molecule is C#CCOc1ccc(/C=C(\C#N)C(=O)Nc2cc(C)ccc2C)cc1OCC. The number of hydrogen-bond donors (Lipinski definition) is 1. The number of nitrogens with one attached hydrogen (secondary N) is 1. The summed E-state index contributed by atoms with van der Waals surface area (Å²) in [4.78, 5) is 12.6. The van der Waals surface area contributed by atoms with E-state index in [9.17, 15) is 10.1 Å². The molecule has 0 aliphatic carbocycles. The van der Waals surface area contributed by atoms with Crippen molar-refractivity contribution < 1.29 is 14.3 Å². The molecule has 142 valence electrons. The highest BCUT2D eigenvalue weighted by Crippen LogP contribution is 2.29. The Bertz CT molecular complexity index is 978. The monoisotopic (exact) mass is 374 g/mol. The summed E-state index contributed by atoms with van der Waals surface area (Å²) in [6, 6.07) is 12.8. The van der Waals surface area contributed by atoms with Gasteiger partial charge in [-0.3, -0.25) is 4.79 Å². The van der Waals surface area contributed by atoms with Gasteiger partial charge in [-0.25, -0.2) is 0 Å². The van der Waals surface area contributed by atoms with Gasteiger partial charge in [-0.1, -0.05) is 24.1 Å². The van der Waals surface area contributed by atoms with Crippen LogP contribution in [0.1, 0.15) is 23.6 Å². The molecule has 5 heteroatoms. The first-order valence-corrected chi connectivity index (χ1v) is 8.82. The zero-order valence-corrected chi connectivity index (χ0v) is 16.2. The zero-order chi connectivity index (χ0) is 20.5. The number of aryl methyl sites for hydroxylation is 2. The molecule has 1 N–H and O–H groups in total. The number of amides is 1. The molecule has 0 aliphatic rings. The number of hydrogen-bond acceptors (Lipinski definition) is 4. The molecule has 0 unspecified atom stereocenters. The van der Waals surface area contributed by atoms with Gasteiger partial charge < -0.3 is 14.8 Å². The van der Waals surface area contributed by atoms with Crippen LogP contribution in [0.15, 0.2) is 42.0 Å². The van der Waals surface area contributed by atoms with Gasteiger partial charge in [0, 0.05) is 5.69 Å². The Morgan fingerprint density at radius 1 is 1.18 bits per heavy atom. The van der Waals surface area contributed by atoms with E-state index in [0.29, 0.717) is 29.4 Å². The van der Waals surface area contributed by atoms with Crippen LogP contribution < -0.4 is 14.8 Å². The average molecular weight is 374 g/mol. The van der Waals surface area contributed by atoms with Gasteiger partial charge in [-0.2, -0.15) is 5.26 Å². The van der Waals surface area contributed by atoms with Crippen LogP contribution in [0.3, 0.4) is 0 Å². The molecule has 0 aromatic heterocycles. The molecule has 0 bridgehead atoms. The van der Waals surface area contributed by atoms with E-state index in [0.717, 1.165) is 11.1 Å². The van der Waals surface area contributed by atoms with Gasteiger partial charge in [-0.15, -0.1) is 6.42 Å². The third-order valence-corrected chi connectivity index (χ3v) is 3.90. The minimum atomic E-state index is -0.471. The average Bonchev–Trinajstić information content (AvgIpc) is 2.68. The summed E-state index contributed by atoms with van der Waals surface area (Å²) in [5, 5.41) is 12.2. The molecule has 0 saturated carbocycles. The molecule has 1 amide bonds. The van der Waals surface area contributed by atoms with E-state index < -0.39 is 5.91 Å². The van der Waals surface area contributed by atoms with Crippen molar-refractivity contribution >= 4 is 17.7 Å². The molecule has 0 radical (unpaired) electrons. The molecule has 0 fully saturated rings. The summed E-state index contributed by atoms with van der Waals surface area (Å²) in [6.07, 6.45) is 6.73. The molecular weight excluding hydrogens is 352 g/mol. The first-order valence-electron chi connectivity index (χ1n) is 8.82. The molecule has 0 saturated heterocycles. The normalized spacial score (nSPS) is 10.5. The highest BCUT2D eigenvalue weighted by molar-refractivity contribution is 6.10. The Labute approximate surface area is 165 Å². The van der Waals surface area contributed by atoms with E-state index in [4.69, 9.17) is 15.9 Å². The number of ether oxygens (including phenoxy) is 2. The molecular formula is C23H22N2O3. The second-order valence-corrected chi connectivity index (χ2v) is 6.07. The highest BCUT2D eigenvalue weighted by atomic mass is 16.5. The molecule has 2 aromatic rings. The molecule has 2 aromatic carbocycles. The Balaban J connectivity index is 2.29. The summed E-state index contributed by atoms with van der Waals surface area (Å²) in [5.74, 6) is 2.94. The van der Waals surface area contributed by atoms with Gasteiger partial charge in [0.15, 0.2) is 11.5 Å². The lowest BCUT2D eigenvalue weighted by molar-refractivity contribution is -0.112. The number of carbonyl (C=O) groups is 1. The number of rotatable bonds is 7. The number of nitrogens with zero attached hydrogens (tertiary/aromatic N) is 1. The molecule has 0 heterocycles. The van der Waals surface area contributed by atoms with Crippen molar-refractivity contribution in [3.63, 3.8) is 0 Å². The van der Waals surface area contributed by atoms with Crippen LogP contribution in [0.4, 0.5) is 5.69 Å². The maximum Gasteiger partial charge on any atom is 0.266 e. The first-order chi connectivity index (χ1) is 13.5. The van der Waals surface area contributed by atoms with Crippen LogP contribution in [0.2, 0.25) is 0 Å². The van der Waals surface area contributed by atoms with Crippen molar-refractivity contribution in [2.24, 2.45) is 0 Å². The van der Waals surface area contributed by atoms with Crippen LogP contribution in [0.25, 0.3) is 6.08 Å². The summed E-state index contributed by atoms with van der Waals surface area (Å²) in [7, 11) is 0. The number of anilines is 1. The van der Waals surface area contributed by atoms with Gasteiger partial charge in [0.2, 0.25) is 0 Å². The third-order valence-electron chi connectivity index (χ3n) is 3.90. The molecule has 5 nitrogen and oxygen atoms in total. The van der Waals surface area contributed by atoms with Gasteiger partial charge in [0.25, 0.3) is 5.91 Å². The van der Waals surface area contributed by atoms with Crippen LogP contribution in [0, 0.1) is 37.5 Å².